The van der Waals surface area contributed by atoms with Crippen molar-refractivity contribution >= 4 is 16.8 Å². The topological polar surface area (TPSA) is 56.9 Å². The first-order valence-electron chi connectivity index (χ1n) is 9.88. The van der Waals surface area contributed by atoms with Crippen molar-refractivity contribution in [3.8, 4) is 0 Å². The van der Waals surface area contributed by atoms with Crippen LogP contribution in [0.4, 0.5) is 4.39 Å². The Balaban J connectivity index is 1.56. The van der Waals surface area contributed by atoms with E-state index >= 15 is 0 Å². The second-order valence-corrected chi connectivity index (χ2v) is 8.03. The summed E-state index contributed by atoms with van der Waals surface area (Å²) in [4.78, 5) is 16.3. The fourth-order valence-electron chi connectivity index (χ4n) is 4.10. The number of hydrogen-bond donors (Lipinski definition) is 3. The predicted octanol–water partition coefficient (Wildman–Crippen LogP) is 4.22. The van der Waals surface area contributed by atoms with Crippen LogP contribution in [0, 0.1) is 11.7 Å². The fraction of sp³-hybridized carbons (Fsp3) is 0.348. The largest absolute Gasteiger partial charge is 0.361 e. The Hall–Kier alpha value is -2.66. The van der Waals surface area contributed by atoms with E-state index in [2.05, 4.69) is 47.7 Å². The normalized spacial score (nSPS) is 19.0. The van der Waals surface area contributed by atoms with E-state index in [1.165, 1.54) is 28.6 Å². The van der Waals surface area contributed by atoms with Crippen LogP contribution < -0.4 is 10.6 Å². The quantitative estimate of drug-likeness (QED) is 0.621. The van der Waals surface area contributed by atoms with Crippen LogP contribution in [-0.2, 0) is 17.8 Å². The van der Waals surface area contributed by atoms with Crippen molar-refractivity contribution in [3.63, 3.8) is 0 Å². The maximum atomic E-state index is 13.1. The van der Waals surface area contributed by atoms with Crippen LogP contribution in [0.1, 0.15) is 43.0 Å². The number of aromatic nitrogens is 1. The molecule has 3 aromatic rings. The van der Waals surface area contributed by atoms with Gasteiger partial charge < -0.3 is 10.3 Å². The molecule has 4 nitrogen and oxygen atoms in total. The van der Waals surface area contributed by atoms with Gasteiger partial charge in [-0.25, -0.2) is 4.39 Å². The highest BCUT2D eigenvalue weighted by Crippen LogP contribution is 2.34. The van der Waals surface area contributed by atoms with Gasteiger partial charge in [0.1, 0.15) is 5.82 Å². The van der Waals surface area contributed by atoms with Gasteiger partial charge in [0.2, 0.25) is 5.91 Å². The van der Waals surface area contributed by atoms with Gasteiger partial charge in [0.25, 0.3) is 0 Å². The van der Waals surface area contributed by atoms with Crippen LogP contribution in [0.5, 0.6) is 0 Å². The van der Waals surface area contributed by atoms with Crippen molar-refractivity contribution in [2.75, 3.05) is 0 Å². The number of amides is 1. The number of nitrogens with one attached hydrogen (secondary N) is 3. The lowest BCUT2D eigenvalue weighted by atomic mass is 9.94. The SMILES string of the molecule is CC(C)CC1NC(C(=O)NCc2ccc(F)cc2)Cc2c[nH]c3cccc1c23. The molecule has 146 valence electrons. The minimum Gasteiger partial charge on any atom is -0.361 e. The van der Waals surface area contributed by atoms with E-state index in [-0.39, 0.29) is 23.8 Å². The van der Waals surface area contributed by atoms with E-state index in [1.54, 1.807) is 12.1 Å². The molecular formula is C23H26FN3O. The minimum absolute atomic E-state index is 0.0276. The van der Waals surface area contributed by atoms with Gasteiger partial charge in [0, 0.05) is 29.7 Å². The molecule has 3 N–H and O–H groups in total. The molecule has 4 rings (SSSR count). The molecule has 2 heterocycles. The Morgan fingerprint density at radius 1 is 1.21 bits per heavy atom. The second kappa shape index (κ2) is 7.76. The minimum atomic E-state index is -0.310. The van der Waals surface area contributed by atoms with Crippen LogP contribution in [0.3, 0.4) is 0 Å². The summed E-state index contributed by atoms with van der Waals surface area (Å²) in [5.41, 5.74) is 4.44. The third-order valence-corrected chi connectivity index (χ3v) is 5.43. The lowest BCUT2D eigenvalue weighted by molar-refractivity contribution is -0.123. The predicted molar refractivity (Wildman–Crippen MR) is 109 cm³/mol. The fourth-order valence-corrected chi connectivity index (χ4v) is 4.10. The standard InChI is InChI=1S/C23H26FN3O/c1-14(2)10-20-18-4-3-5-19-22(18)16(13-25-19)11-21(27-20)23(28)26-12-15-6-8-17(24)9-7-15/h3-9,13-14,20-21,25,27H,10-12H2,1-2H3,(H,26,28). The second-order valence-electron chi connectivity index (χ2n) is 8.03. The highest BCUT2D eigenvalue weighted by atomic mass is 19.1. The summed E-state index contributed by atoms with van der Waals surface area (Å²) in [6, 6.07) is 12.4. The summed E-state index contributed by atoms with van der Waals surface area (Å²) in [7, 11) is 0. The van der Waals surface area contributed by atoms with Crippen molar-refractivity contribution in [2.24, 2.45) is 5.92 Å². The smallest absolute Gasteiger partial charge is 0.237 e. The molecule has 2 unspecified atom stereocenters. The van der Waals surface area contributed by atoms with E-state index in [4.69, 9.17) is 0 Å². The van der Waals surface area contributed by atoms with E-state index in [1.807, 2.05) is 6.20 Å². The van der Waals surface area contributed by atoms with Crippen molar-refractivity contribution in [2.45, 2.75) is 45.3 Å². The maximum absolute atomic E-state index is 13.1. The number of hydrogen-bond acceptors (Lipinski definition) is 2. The zero-order valence-electron chi connectivity index (χ0n) is 16.3. The number of rotatable bonds is 5. The number of aromatic amines is 1. The zero-order valence-corrected chi connectivity index (χ0v) is 16.3. The molecular weight excluding hydrogens is 353 g/mol. The third-order valence-electron chi connectivity index (χ3n) is 5.43. The Kier molecular flexibility index (Phi) is 5.18. The molecule has 0 aliphatic carbocycles. The summed E-state index contributed by atoms with van der Waals surface area (Å²) < 4.78 is 13.1. The molecule has 0 fully saturated rings. The summed E-state index contributed by atoms with van der Waals surface area (Å²) in [6.07, 6.45) is 3.63. The Bertz CT molecular complexity index is 977. The molecule has 28 heavy (non-hydrogen) atoms. The highest BCUT2D eigenvalue weighted by molar-refractivity contribution is 5.90. The first kappa shape index (κ1) is 18.7. The van der Waals surface area contributed by atoms with Gasteiger partial charge >= 0.3 is 0 Å². The van der Waals surface area contributed by atoms with Crippen molar-refractivity contribution in [3.05, 3.63) is 71.2 Å². The van der Waals surface area contributed by atoms with Crippen LogP contribution in [0.15, 0.2) is 48.7 Å². The lowest BCUT2D eigenvalue weighted by Crippen LogP contribution is -2.46. The Morgan fingerprint density at radius 3 is 2.75 bits per heavy atom. The summed E-state index contributed by atoms with van der Waals surface area (Å²) in [6.45, 7) is 4.80. The van der Waals surface area contributed by atoms with E-state index in [0.29, 0.717) is 18.9 Å². The van der Waals surface area contributed by atoms with Crippen LogP contribution in [-0.4, -0.2) is 16.9 Å². The first-order valence-corrected chi connectivity index (χ1v) is 9.88. The van der Waals surface area contributed by atoms with Gasteiger partial charge in [-0.05, 0) is 53.6 Å². The van der Waals surface area contributed by atoms with Crippen molar-refractivity contribution in [1.82, 2.24) is 15.6 Å². The molecule has 2 aromatic carbocycles. The number of H-pyrrole nitrogens is 1. The number of carbonyl (C=O) groups is 1. The summed E-state index contributed by atoms with van der Waals surface area (Å²) in [5, 5.41) is 7.85. The van der Waals surface area contributed by atoms with Gasteiger partial charge in [0.15, 0.2) is 0 Å². The lowest BCUT2D eigenvalue weighted by Gasteiger charge is -2.25. The average Bonchev–Trinajstić information content (AvgIpc) is 3.01. The molecule has 1 aromatic heterocycles. The van der Waals surface area contributed by atoms with E-state index in [0.717, 1.165) is 17.5 Å². The number of halogens is 1. The van der Waals surface area contributed by atoms with Gasteiger partial charge in [-0.15, -0.1) is 0 Å². The van der Waals surface area contributed by atoms with Gasteiger partial charge in [-0.2, -0.15) is 0 Å². The molecule has 0 radical (unpaired) electrons. The molecule has 1 aliphatic rings. The average molecular weight is 379 g/mol. The Morgan fingerprint density at radius 2 is 2.00 bits per heavy atom. The molecule has 0 saturated heterocycles. The number of benzene rings is 2. The van der Waals surface area contributed by atoms with Crippen molar-refractivity contribution in [1.29, 1.82) is 0 Å². The Labute approximate surface area is 164 Å². The van der Waals surface area contributed by atoms with Gasteiger partial charge in [-0.3, -0.25) is 10.1 Å². The molecule has 1 aliphatic heterocycles. The maximum Gasteiger partial charge on any atom is 0.237 e. The monoisotopic (exact) mass is 379 g/mol. The molecule has 1 amide bonds. The number of carbonyl (C=O) groups excluding carboxylic acids is 1. The molecule has 0 saturated carbocycles. The third kappa shape index (κ3) is 3.80. The molecule has 0 bridgehead atoms. The summed E-state index contributed by atoms with van der Waals surface area (Å²) in [5.74, 6) is 0.211. The highest BCUT2D eigenvalue weighted by Gasteiger charge is 2.29. The van der Waals surface area contributed by atoms with E-state index < -0.39 is 0 Å². The molecule has 2 atom stereocenters. The van der Waals surface area contributed by atoms with Crippen molar-refractivity contribution < 1.29 is 9.18 Å². The van der Waals surface area contributed by atoms with Crippen LogP contribution in [0.25, 0.3) is 10.9 Å². The first-order chi connectivity index (χ1) is 13.5. The van der Waals surface area contributed by atoms with Crippen LogP contribution in [0.2, 0.25) is 0 Å². The molecule has 0 spiro atoms. The van der Waals surface area contributed by atoms with Gasteiger partial charge in [-0.1, -0.05) is 38.1 Å². The van der Waals surface area contributed by atoms with E-state index in [9.17, 15) is 9.18 Å². The van der Waals surface area contributed by atoms with Crippen LogP contribution >= 0.6 is 0 Å². The zero-order chi connectivity index (χ0) is 19.7. The van der Waals surface area contributed by atoms with Gasteiger partial charge in [0.05, 0.1) is 6.04 Å². The molecule has 5 heteroatoms. The summed E-state index contributed by atoms with van der Waals surface area (Å²) >= 11 is 0.